The number of anilines is 1. The summed E-state index contributed by atoms with van der Waals surface area (Å²) < 4.78 is 22.8. The average Bonchev–Trinajstić information content (AvgIpc) is 2.97. The van der Waals surface area contributed by atoms with Crippen molar-refractivity contribution in [1.82, 2.24) is 0 Å². The molecule has 0 bridgehead atoms. The van der Waals surface area contributed by atoms with Gasteiger partial charge >= 0.3 is 0 Å². The summed E-state index contributed by atoms with van der Waals surface area (Å²) in [5, 5.41) is 9.72. The quantitative estimate of drug-likeness (QED) is 0.830. The first kappa shape index (κ1) is 13.0. The second-order valence-electron chi connectivity index (χ2n) is 4.28. The Bertz CT molecular complexity index is 821. The van der Waals surface area contributed by atoms with Gasteiger partial charge in [-0.25, -0.2) is 13.6 Å². The molecule has 0 unspecified atom stereocenters. The number of primary sulfonamides is 1. The lowest BCUT2D eigenvalue weighted by atomic mass is 10.1. The predicted octanol–water partition coefficient (Wildman–Crippen LogP) is 1.89. The lowest BCUT2D eigenvalue weighted by Crippen LogP contribution is -2.12. The van der Waals surface area contributed by atoms with Crippen LogP contribution >= 0.6 is 11.3 Å². The Morgan fingerprint density at radius 2 is 2.05 bits per heavy atom. The summed E-state index contributed by atoms with van der Waals surface area (Å²) in [4.78, 5) is 12.9. The van der Waals surface area contributed by atoms with Crippen LogP contribution in [0.1, 0.15) is 10.4 Å². The Balaban J connectivity index is 2.16. The van der Waals surface area contributed by atoms with E-state index in [2.05, 4.69) is 5.32 Å². The fourth-order valence-corrected chi connectivity index (χ4v) is 3.20. The van der Waals surface area contributed by atoms with Crippen molar-refractivity contribution in [2.24, 2.45) is 5.14 Å². The summed E-state index contributed by atoms with van der Waals surface area (Å²) in [6, 6.07) is 8.10. The van der Waals surface area contributed by atoms with Gasteiger partial charge in [-0.05, 0) is 35.7 Å². The number of amides is 1. The maximum atomic E-state index is 12.0. The van der Waals surface area contributed by atoms with Crippen LogP contribution in [0, 0.1) is 0 Å². The Kier molecular flexibility index (Phi) is 2.97. The highest BCUT2D eigenvalue weighted by atomic mass is 32.2. The fraction of sp³-hybridized carbons (Fsp3) is 0. The molecule has 102 valence electrons. The molecular formula is C13H10N2O3S2. The monoisotopic (exact) mass is 306 g/mol. The molecule has 1 aliphatic rings. The molecule has 0 atom stereocenters. The number of nitrogens with one attached hydrogen (secondary N) is 1. The minimum absolute atomic E-state index is 0.00942. The third-order valence-electron chi connectivity index (χ3n) is 2.93. The van der Waals surface area contributed by atoms with Crippen LogP contribution in [0.5, 0.6) is 0 Å². The van der Waals surface area contributed by atoms with Gasteiger partial charge in [-0.3, -0.25) is 4.79 Å². The van der Waals surface area contributed by atoms with Crippen molar-refractivity contribution < 1.29 is 13.2 Å². The molecule has 2 aromatic rings. The van der Waals surface area contributed by atoms with Gasteiger partial charge in [-0.2, -0.15) is 0 Å². The van der Waals surface area contributed by atoms with E-state index < -0.39 is 10.0 Å². The maximum Gasteiger partial charge on any atom is 0.256 e. The van der Waals surface area contributed by atoms with Crippen LogP contribution in [0.15, 0.2) is 40.6 Å². The zero-order chi connectivity index (χ0) is 14.3. The number of carbonyl (C=O) groups excluding carboxylic acids is 1. The van der Waals surface area contributed by atoms with E-state index in [-0.39, 0.29) is 10.8 Å². The topological polar surface area (TPSA) is 89.3 Å². The van der Waals surface area contributed by atoms with Gasteiger partial charge in [0.25, 0.3) is 5.91 Å². The van der Waals surface area contributed by atoms with Gasteiger partial charge in [-0.1, -0.05) is 6.07 Å². The van der Waals surface area contributed by atoms with Crippen molar-refractivity contribution in [2.45, 2.75) is 4.90 Å². The van der Waals surface area contributed by atoms with Gasteiger partial charge in [-0.15, -0.1) is 11.3 Å². The molecule has 0 fully saturated rings. The predicted molar refractivity (Wildman–Crippen MR) is 78.6 cm³/mol. The number of hydrogen-bond donors (Lipinski definition) is 2. The lowest BCUT2D eigenvalue weighted by molar-refractivity contribution is -0.110. The fourth-order valence-electron chi connectivity index (χ4n) is 2.00. The molecule has 0 radical (unpaired) electrons. The third kappa shape index (κ3) is 2.26. The first-order valence-electron chi connectivity index (χ1n) is 5.69. The van der Waals surface area contributed by atoms with Crippen molar-refractivity contribution in [3.63, 3.8) is 0 Å². The van der Waals surface area contributed by atoms with Crippen LogP contribution in [0.4, 0.5) is 5.69 Å². The van der Waals surface area contributed by atoms with Crippen molar-refractivity contribution in [3.05, 3.63) is 46.2 Å². The molecule has 1 amide bonds. The highest BCUT2D eigenvalue weighted by Crippen LogP contribution is 2.35. The van der Waals surface area contributed by atoms with Gasteiger partial charge in [0, 0.05) is 16.1 Å². The molecule has 3 N–H and O–H groups in total. The van der Waals surface area contributed by atoms with E-state index in [0.717, 1.165) is 4.88 Å². The highest BCUT2D eigenvalue weighted by molar-refractivity contribution is 7.89. The Labute approximate surface area is 119 Å². The van der Waals surface area contributed by atoms with E-state index in [1.54, 1.807) is 12.1 Å². The molecule has 1 aliphatic heterocycles. The van der Waals surface area contributed by atoms with Crippen LogP contribution in [-0.2, 0) is 14.8 Å². The SMILES string of the molecule is NS(=O)(=O)c1ccc2c(c1)/C(=C\c1cccs1)C(=O)N2. The second kappa shape index (κ2) is 4.55. The zero-order valence-electron chi connectivity index (χ0n) is 10.2. The molecule has 0 saturated heterocycles. The van der Waals surface area contributed by atoms with E-state index in [0.29, 0.717) is 16.8 Å². The van der Waals surface area contributed by atoms with Crippen LogP contribution in [-0.4, -0.2) is 14.3 Å². The van der Waals surface area contributed by atoms with E-state index in [1.165, 1.54) is 23.5 Å². The van der Waals surface area contributed by atoms with Gasteiger partial charge in [0.05, 0.1) is 10.5 Å². The first-order chi connectivity index (χ1) is 9.45. The number of nitrogens with two attached hydrogens (primary N) is 1. The van der Waals surface area contributed by atoms with E-state index >= 15 is 0 Å². The first-order valence-corrected chi connectivity index (χ1v) is 8.11. The van der Waals surface area contributed by atoms with Crippen LogP contribution in [0.3, 0.4) is 0 Å². The summed E-state index contributed by atoms with van der Waals surface area (Å²) in [5.41, 5.74) is 1.58. The molecule has 1 aromatic carbocycles. The Morgan fingerprint density at radius 3 is 2.70 bits per heavy atom. The number of hydrogen-bond acceptors (Lipinski definition) is 4. The van der Waals surface area contributed by atoms with Crippen LogP contribution < -0.4 is 10.5 Å². The number of sulfonamides is 1. The number of fused-ring (bicyclic) bond motifs is 1. The van der Waals surface area contributed by atoms with Gasteiger partial charge in [0.2, 0.25) is 10.0 Å². The number of benzene rings is 1. The molecular weight excluding hydrogens is 296 g/mol. The molecule has 20 heavy (non-hydrogen) atoms. The molecule has 0 aliphatic carbocycles. The largest absolute Gasteiger partial charge is 0.321 e. The van der Waals surface area contributed by atoms with E-state index in [1.807, 2.05) is 17.5 Å². The maximum absolute atomic E-state index is 12.0. The zero-order valence-corrected chi connectivity index (χ0v) is 11.8. The molecule has 2 heterocycles. The Morgan fingerprint density at radius 1 is 1.25 bits per heavy atom. The summed E-state index contributed by atoms with van der Waals surface area (Å²) in [6.07, 6.45) is 1.73. The molecule has 0 spiro atoms. The van der Waals surface area contributed by atoms with Gasteiger partial charge in [0.1, 0.15) is 0 Å². The minimum Gasteiger partial charge on any atom is -0.321 e. The van der Waals surface area contributed by atoms with E-state index in [9.17, 15) is 13.2 Å². The lowest BCUT2D eigenvalue weighted by Gasteiger charge is -2.02. The standard InChI is InChI=1S/C13H10N2O3S2/c14-20(17,18)9-3-4-12-10(7-9)11(13(16)15-12)6-8-2-1-5-19-8/h1-7H,(H,15,16)(H2,14,17,18)/b11-6+. The number of carbonyl (C=O) groups is 1. The highest BCUT2D eigenvalue weighted by Gasteiger charge is 2.25. The normalized spacial score (nSPS) is 16.2. The van der Waals surface area contributed by atoms with Crippen molar-refractivity contribution in [2.75, 3.05) is 5.32 Å². The average molecular weight is 306 g/mol. The third-order valence-corrected chi connectivity index (χ3v) is 4.66. The van der Waals surface area contributed by atoms with E-state index in [4.69, 9.17) is 5.14 Å². The summed E-state index contributed by atoms with van der Waals surface area (Å²) in [7, 11) is -3.79. The summed E-state index contributed by atoms with van der Waals surface area (Å²) >= 11 is 1.50. The molecule has 1 aromatic heterocycles. The van der Waals surface area contributed by atoms with Crippen molar-refractivity contribution in [1.29, 1.82) is 0 Å². The molecule has 0 saturated carbocycles. The summed E-state index contributed by atoms with van der Waals surface area (Å²) in [5.74, 6) is -0.250. The number of rotatable bonds is 2. The number of thiophene rings is 1. The van der Waals surface area contributed by atoms with Crippen molar-refractivity contribution in [3.8, 4) is 0 Å². The smallest absolute Gasteiger partial charge is 0.256 e. The minimum atomic E-state index is -3.79. The van der Waals surface area contributed by atoms with Crippen LogP contribution in [0.25, 0.3) is 11.6 Å². The Hall–Kier alpha value is -1.96. The van der Waals surface area contributed by atoms with Gasteiger partial charge < -0.3 is 5.32 Å². The molecule has 5 nitrogen and oxygen atoms in total. The summed E-state index contributed by atoms with van der Waals surface area (Å²) in [6.45, 7) is 0. The van der Waals surface area contributed by atoms with Gasteiger partial charge in [0.15, 0.2) is 0 Å². The second-order valence-corrected chi connectivity index (χ2v) is 6.82. The van der Waals surface area contributed by atoms with Crippen LogP contribution in [0.2, 0.25) is 0 Å². The molecule has 3 rings (SSSR count). The van der Waals surface area contributed by atoms with Crippen molar-refractivity contribution >= 4 is 44.6 Å². The molecule has 7 heteroatoms.